The van der Waals surface area contributed by atoms with Gasteiger partial charge in [-0.15, -0.1) is 0 Å². The maximum absolute atomic E-state index is 13.6. The normalized spacial score (nSPS) is 20.2. The molecule has 2 heterocycles. The number of nitrogens with zero attached hydrogens (tertiary/aromatic N) is 2. The van der Waals surface area contributed by atoms with Gasteiger partial charge in [0.25, 0.3) is 5.91 Å². The highest BCUT2D eigenvalue weighted by Gasteiger charge is 2.61. The fourth-order valence-corrected chi connectivity index (χ4v) is 6.77. The summed E-state index contributed by atoms with van der Waals surface area (Å²) in [4.78, 5) is 40.8. The van der Waals surface area contributed by atoms with Crippen molar-refractivity contribution in [1.82, 2.24) is 20.7 Å². The molecule has 7 heteroatoms. The summed E-state index contributed by atoms with van der Waals surface area (Å²) in [7, 11) is 0. The highest BCUT2D eigenvalue weighted by atomic mass is 16.2. The largest absolute Gasteiger partial charge is 0.325 e. The van der Waals surface area contributed by atoms with Crippen molar-refractivity contribution in [2.75, 3.05) is 6.54 Å². The van der Waals surface area contributed by atoms with Gasteiger partial charge in [-0.3, -0.25) is 19.9 Å². The Morgan fingerprint density at radius 1 is 0.737 bits per heavy atom. The van der Waals surface area contributed by atoms with Crippen molar-refractivity contribution >= 4 is 17.8 Å². The quantitative estimate of drug-likeness (QED) is 0.143. The van der Waals surface area contributed by atoms with Crippen LogP contribution in [0.4, 0.5) is 4.79 Å². The number of amides is 4. The second-order valence-electron chi connectivity index (χ2n) is 13.2. The first-order valence-corrected chi connectivity index (χ1v) is 15.7. The second-order valence-corrected chi connectivity index (χ2v) is 13.2. The zero-order valence-corrected chi connectivity index (χ0v) is 25.6. The Labute approximate surface area is 233 Å². The zero-order valence-electron chi connectivity index (χ0n) is 25.6. The molecule has 38 heavy (non-hydrogen) atoms. The summed E-state index contributed by atoms with van der Waals surface area (Å²) in [5, 5.41) is 5.12. The molecule has 0 aromatic rings. The molecule has 0 bridgehead atoms. The maximum Gasteiger partial charge on any atom is 0.325 e. The number of unbranched alkanes of at least 4 members (excludes halogenated alkanes) is 13. The van der Waals surface area contributed by atoms with Gasteiger partial charge in [-0.1, -0.05) is 97.3 Å². The molecule has 2 fully saturated rings. The summed E-state index contributed by atoms with van der Waals surface area (Å²) >= 11 is 0. The molecule has 2 N–H and O–H groups in total. The first kappa shape index (κ1) is 32.6. The van der Waals surface area contributed by atoms with E-state index in [0.29, 0.717) is 25.8 Å². The summed E-state index contributed by atoms with van der Waals surface area (Å²) in [5.74, 6) is -0.0607. The highest BCUT2D eigenvalue weighted by molar-refractivity contribution is 6.07. The van der Waals surface area contributed by atoms with E-state index in [1.54, 1.807) is 0 Å². The number of urea groups is 1. The van der Waals surface area contributed by atoms with Gasteiger partial charge in [-0.05, 0) is 53.4 Å². The summed E-state index contributed by atoms with van der Waals surface area (Å²) < 4.78 is 0. The number of imide groups is 1. The number of piperidine rings is 1. The molecule has 0 atom stereocenters. The third-order valence-corrected chi connectivity index (χ3v) is 8.40. The van der Waals surface area contributed by atoms with Crippen molar-refractivity contribution in [1.29, 1.82) is 0 Å². The van der Waals surface area contributed by atoms with Crippen LogP contribution in [0.1, 0.15) is 157 Å². The Kier molecular flexibility index (Phi) is 13.1. The van der Waals surface area contributed by atoms with Crippen molar-refractivity contribution in [3.63, 3.8) is 0 Å². The molecular formula is C31H58N4O3. The van der Waals surface area contributed by atoms with Crippen molar-refractivity contribution in [3.8, 4) is 0 Å². The lowest BCUT2D eigenvalue weighted by molar-refractivity contribution is -0.153. The second kappa shape index (κ2) is 15.2. The van der Waals surface area contributed by atoms with Crippen LogP contribution in [0.5, 0.6) is 0 Å². The monoisotopic (exact) mass is 534 g/mol. The van der Waals surface area contributed by atoms with Gasteiger partial charge in [0.15, 0.2) is 0 Å². The molecule has 0 aromatic heterocycles. The van der Waals surface area contributed by atoms with Gasteiger partial charge in [0.1, 0.15) is 5.54 Å². The molecule has 0 aromatic carbocycles. The van der Waals surface area contributed by atoms with E-state index in [4.69, 9.17) is 0 Å². The molecule has 2 aliphatic rings. The average molecular weight is 535 g/mol. The molecule has 220 valence electrons. The predicted molar refractivity (Wildman–Crippen MR) is 156 cm³/mol. The van der Waals surface area contributed by atoms with Crippen LogP contribution in [0.15, 0.2) is 0 Å². The molecule has 2 saturated heterocycles. The molecule has 2 aliphatic heterocycles. The maximum atomic E-state index is 13.6. The minimum atomic E-state index is -0.912. The number of carbonyl (C=O) groups excluding carboxylic acids is 3. The van der Waals surface area contributed by atoms with Crippen LogP contribution in [0.3, 0.4) is 0 Å². The highest BCUT2D eigenvalue weighted by Crippen LogP contribution is 2.45. The molecule has 7 nitrogen and oxygen atoms in total. The van der Waals surface area contributed by atoms with Crippen molar-refractivity contribution in [3.05, 3.63) is 0 Å². The molecule has 0 radical (unpaired) electrons. The average Bonchev–Trinajstić information content (AvgIpc) is 3.05. The van der Waals surface area contributed by atoms with Crippen LogP contribution in [0, 0.1) is 0 Å². The van der Waals surface area contributed by atoms with E-state index in [2.05, 4.69) is 52.3 Å². The number of rotatable bonds is 18. The van der Waals surface area contributed by atoms with E-state index in [0.717, 1.165) is 32.1 Å². The number of carbonyl (C=O) groups is 3. The molecule has 0 saturated carbocycles. The Morgan fingerprint density at radius 3 is 1.68 bits per heavy atom. The van der Waals surface area contributed by atoms with E-state index in [-0.39, 0.29) is 17.8 Å². The van der Waals surface area contributed by atoms with Crippen LogP contribution in [-0.4, -0.2) is 50.9 Å². The number of hydrogen-bond acceptors (Lipinski definition) is 4. The fourth-order valence-electron chi connectivity index (χ4n) is 6.77. The Bertz CT molecular complexity index is 746. The summed E-state index contributed by atoms with van der Waals surface area (Å²) in [6.45, 7) is 13.2. The van der Waals surface area contributed by atoms with Crippen LogP contribution in [0.2, 0.25) is 0 Å². The van der Waals surface area contributed by atoms with Crippen LogP contribution < -0.4 is 10.7 Å². The first-order valence-electron chi connectivity index (χ1n) is 15.7. The van der Waals surface area contributed by atoms with Crippen molar-refractivity contribution in [2.24, 2.45) is 0 Å². The smallest absolute Gasteiger partial charge is 0.323 e. The van der Waals surface area contributed by atoms with E-state index in [9.17, 15) is 14.4 Å². The van der Waals surface area contributed by atoms with Crippen LogP contribution >= 0.6 is 0 Å². The molecule has 2 rings (SSSR count). The number of hydrazine groups is 1. The lowest BCUT2D eigenvalue weighted by atomic mass is 9.70. The number of nitrogens with one attached hydrogen (secondary N) is 2. The topological polar surface area (TPSA) is 81.8 Å². The van der Waals surface area contributed by atoms with Crippen molar-refractivity contribution in [2.45, 2.75) is 174 Å². The van der Waals surface area contributed by atoms with Gasteiger partial charge in [0.2, 0.25) is 5.91 Å². The third-order valence-electron chi connectivity index (χ3n) is 8.40. The molecule has 0 aliphatic carbocycles. The van der Waals surface area contributed by atoms with Gasteiger partial charge >= 0.3 is 6.03 Å². The Balaban J connectivity index is 1.85. The van der Waals surface area contributed by atoms with Gasteiger partial charge in [0.05, 0.1) is 0 Å². The van der Waals surface area contributed by atoms with E-state index >= 15 is 0 Å². The summed E-state index contributed by atoms with van der Waals surface area (Å²) in [5.41, 5.74) is 1.29. The fraction of sp³-hybridized carbons (Fsp3) is 0.903. The van der Waals surface area contributed by atoms with Gasteiger partial charge in [0, 0.05) is 24.0 Å². The van der Waals surface area contributed by atoms with Gasteiger partial charge in [-0.25, -0.2) is 9.80 Å². The van der Waals surface area contributed by atoms with E-state index in [1.165, 1.54) is 69.1 Å². The first-order chi connectivity index (χ1) is 18.0. The summed E-state index contributed by atoms with van der Waals surface area (Å²) in [6, 6.07) is -0.266. The zero-order chi connectivity index (χ0) is 28.2. The molecule has 1 spiro atoms. The Hall–Kier alpha value is -1.63. The lowest BCUT2D eigenvalue weighted by Gasteiger charge is -2.57. The minimum Gasteiger partial charge on any atom is -0.323 e. The van der Waals surface area contributed by atoms with Crippen LogP contribution in [0.25, 0.3) is 0 Å². The van der Waals surface area contributed by atoms with Crippen molar-refractivity contribution < 1.29 is 14.4 Å². The van der Waals surface area contributed by atoms with E-state index < -0.39 is 16.6 Å². The Morgan fingerprint density at radius 2 is 1.18 bits per heavy atom. The summed E-state index contributed by atoms with van der Waals surface area (Å²) in [6.07, 6.45) is 19.2. The van der Waals surface area contributed by atoms with E-state index in [1.807, 2.05) is 5.01 Å². The standard InChI is InChI=1S/C31H58N4O3/c1-7-9-11-13-15-16-17-18-20-22-26(36)33-35-29(3,4)24-31(25-30(35,5)6)27(37)34(28(38)32-31)23-21-19-14-12-10-8-2/h7-25H2,1-6H3,(H,32,38)(H,33,36). The SMILES string of the molecule is CCCCCCCCCCCC(=O)NN1C(C)(C)CC2(CC1(C)C)NC(=O)N(CCCCCCCC)C2=O. The van der Waals surface area contributed by atoms with Crippen LogP contribution in [-0.2, 0) is 9.59 Å². The van der Waals surface area contributed by atoms with Gasteiger partial charge in [-0.2, -0.15) is 0 Å². The number of hydrogen-bond donors (Lipinski definition) is 2. The lowest BCUT2D eigenvalue weighted by Crippen LogP contribution is -2.73. The third kappa shape index (κ3) is 9.24. The molecular weight excluding hydrogens is 476 g/mol. The van der Waals surface area contributed by atoms with Gasteiger partial charge < -0.3 is 5.32 Å². The molecule has 4 amide bonds. The predicted octanol–water partition coefficient (Wildman–Crippen LogP) is 7.24. The minimum absolute atomic E-state index is 0.0385. The molecule has 0 unspecified atom stereocenters.